The van der Waals surface area contributed by atoms with E-state index in [1.807, 2.05) is 19.1 Å². The van der Waals surface area contributed by atoms with E-state index in [0.29, 0.717) is 0 Å². The molecule has 102 valence electrons. The molecule has 2 aromatic carbocycles. The van der Waals surface area contributed by atoms with Gasteiger partial charge < -0.3 is 9.15 Å². The molecule has 0 fully saturated rings. The lowest BCUT2D eigenvalue weighted by Crippen LogP contribution is -1.91. The lowest BCUT2D eigenvalue weighted by Gasteiger charge is -2.10. The highest BCUT2D eigenvalue weighted by Gasteiger charge is 2.13. The molecule has 0 saturated carbocycles. The average Bonchev–Trinajstić information content (AvgIpc) is 2.92. The van der Waals surface area contributed by atoms with Gasteiger partial charge in [0.15, 0.2) is 0 Å². The highest BCUT2D eigenvalue weighted by Crippen LogP contribution is 2.34. The summed E-state index contributed by atoms with van der Waals surface area (Å²) in [5.74, 6) is 1.81. The Balaban J connectivity index is 2.00. The van der Waals surface area contributed by atoms with Gasteiger partial charge in [0.05, 0.1) is 18.2 Å². The molecule has 0 N–H and O–H groups in total. The van der Waals surface area contributed by atoms with Crippen LogP contribution in [0.4, 0.5) is 0 Å². The topological polar surface area (TPSA) is 22.4 Å². The van der Waals surface area contributed by atoms with Crippen molar-refractivity contribution in [3.63, 3.8) is 0 Å². The Kier molecular flexibility index (Phi) is 3.53. The first-order valence-corrected chi connectivity index (χ1v) is 7.36. The minimum Gasteiger partial charge on any atom is -0.497 e. The molecule has 0 aliphatic rings. The molecular weight excluding hydrogens is 316 g/mol. The van der Waals surface area contributed by atoms with Crippen molar-refractivity contribution in [3.8, 4) is 5.75 Å². The summed E-state index contributed by atoms with van der Waals surface area (Å²) in [6.07, 6.45) is 1.80. The second kappa shape index (κ2) is 5.33. The Labute approximate surface area is 126 Å². The van der Waals surface area contributed by atoms with Gasteiger partial charge in [-0.25, -0.2) is 0 Å². The minimum absolute atomic E-state index is 0.145. The van der Waals surface area contributed by atoms with E-state index in [9.17, 15) is 0 Å². The van der Waals surface area contributed by atoms with Gasteiger partial charge in [0.25, 0.3) is 0 Å². The molecule has 0 saturated heterocycles. The number of furan rings is 1. The molecule has 3 heteroatoms. The first kappa shape index (κ1) is 13.3. The van der Waals surface area contributed by atoms with Crippen LogP contribution in [0.2, 0.25) is 0 Å². The van der Waals surface area contributed by atoms with Gasteiger partial charge in [0.2, 0.25) is 0 Å². The van der Waals surface area contributed by atoms with Crippen molar-refractivity contribution in [2.75, 3.05) is 7.11 Å². The molecule has 1 unspecified atom stereocenters. The van der Waals surface area contributed by atoms with E-state index in [1.165, 1.54) is 16.3 Å². The molecule has 0 aliphatic carbocycles. The van der Waals surface area contributed by atoms with Gasteiger partial charge in [-0.1, -0.05) is 34.1 Å². The highest BCUT2D eigenvalue weighted by molar-refractivity contribution is 9.09. The Bertz CT molecular complexity index is 746. The molecule has 1 heterocycles. The van der Waals surface area contributed by atoms with Crippen LogP contribution in [-0.2, 0) is 0 Å². The standard InChI is InChI=1S/C17H15BrO2/c1-11-7-15(10-20-11)17(18)14-4-3-13-9-16(19-2)6-5-12(13)8-14/h3-10,17H,1-2H3. The Morgan fingerprint density at radius 2 is 1.75 bits per heavy atom. The second-order valence-corrected chi connectivity index (χ2v) is 5.74. The summed E-state index contributed by atoms with van der Waals surface area (Å²) < 4.78 is 10.6. The lowest BCUT2D eigenvalue weighted by atomic mass is 10.0. The number of hydrogen-bond donors (Lipinski definition) is 0. The zero-order valence-corrected chi connectivity index (χ0v) is 13.0. The van der Waals surface area contributed by atoms with E-state index in [0.717, 1.165) is 17.1 Å². The third-order valence-corrected chi connectivity index (χ3v) is 4.46. The predicted octanol–water partition coefficient (Wildman–Crippen LogP) is 5.23. The average molecular weight is 331 g/mol. The molecular formula is C17H15BrO2. The van der Waals surface area contributed by atoms with Gasteiger partial charge in [-0.15, -0.1) is 0 Å². The van der Waals surface area contributed by atoms with E-state index in [-0.39, 0.29) is 4.83 Å². The van der Waals surface area contributed by atoms with Crippen LogP contribution < -0.4 is 4.74 Å². The van der Waals surface area contributed by atoms with Gasteiger partial charge in [0, 0.05) is 5.56 Å². The maximum absolute atomic E-state index is 5.38. The number of ether oxygens (including phenoxy) is 1. The van der Waals surface area contributed by atoms with Crippen molar-refractivity contribution >= 4 is 26.7 Å². The van der Waals surface area contributed by atoms with E-state index < -0.39 is 0 Å². The minimum atomic E-state index is 0.145. The normalized spacial score (nSPS) is 12.6. The number of benzene rings is 2. The molecule has 3 aromatic rings. The summed E-state index contributed by atoms with van der Waals surface area (Å²) in [5, 5.41) is 2.38. The molecule has 0 amide bonds. The van der Waals surface area contributed by atoms with Crippen LogP contribution in [0, 0.1) is 6.92 Å². The smallest absolute Gasteiger partial charge is 0.119 e. The highest BCUT2D eigenvalue weighted by atomic mass is 79.9. The largest absolute Gasteiger partial charge is 0.497 e. The number of halogens is 1. The zero-order valence-electron chi connectivity index (χ0n) is 11.4. The van der Waals surface area contributed by atoms with E-state index in [4.69, 9.17) is 9.15 Å². The summed E-state index contributed by atoms with van der Waals surface area (Å²) >= 11 is 3.74. The fraction of sp³-hybridized carbons (Fsp3) is 0.176. The lowest BCUT2D eigenvalue weighted by molar-refractivity contribution is 0.415. The molecule has 2 nitrogen and oxygen atoms in total. The number of hydrogen-bond acceptors (Lipinski definition) is 2. The van der Waals surface area contributed by atoms with Crippen molar-refractivity contribution < 1.29 is 9.15 Å². The fourth-order valence-electron chi connectivity index (χ4n) is 2.32. The van der Waals surface area contributed by atoms with Crippen molar-refractivity contribution in [2.45, 2.75) is 11.8 Å². The number of methoxy groups -OCH3 is 1. The Morgan fingerprint density at radius 1 is 1.00 bits per heavy atom. The number of alkyl halides is 1. The first-order valence-electron chi connectivity index (χ1n) is 6.44. The van der Waals surface area contributed by atoms with Gasteiger partial charge >= 0.3 is 0 Å². The first-order chi connectivity index (χ1) is 9.67. The third-order valence-electron chi connectivity index (χ3n) is 3.41. The van der Waals surface area contributed by atoms with Crippen molar-refractivity contribution in [1.29, 1.82) is 0 Å². The maximum atomic E-state index is 5.38. The van der Waals surface area contributed by atoms with Crippen LogP contribution in [0.15, 0.2) is 53.1 Å². The third kappa shape index (κ3) is 2.46. The molecule has 0 radical (unpaired) electrons. The van der Waals surface area contributed by atoms with Crippen LogP contribution in [0.25, 0.3) is 10.8 Å². The summed E-state index contributed by atoms with van der Waals surface area (Å²) in [4.78, 5) is 0.145. The van der Waals surface area contributed by atoms with Gasteiger partial charge in [-0.3, -0.25) is 0 Å². The van der Waals surface area contributed by atoms with Crippen molar-refractivity contribution in [2.24, 2.45) is 0 Å². The second-order valence-electron chi connectivity index (χ2n) is 4.83. The SMILES string of the molecule is COc1ccc2cc(C(Br)c3coc(C)c3)ccc2c1. The van der Waals surface area contributed by atoms with Crippen LogP contribution in [-0.4, -0.2) is 7.11 Å². The Hall–Kier alpha value is -1.74. The molecule has 0 aliphatic heterocycles. The predicted molar refractivity (Wildman–Crippen MR) is 84.7 cm³/mol. The van der Waals surface area contributed by atoms with Crippen molar-refractivity contribution in [1.82, 2.24) is 0 Å². The molecule has 0 spiro atoms. The summed E-state index contributed by atoms with van der Waals surface area (Å²) in [6.45, 7) is 1.95. The number of fused-ring (bicyclic) bond motifs is 1. The van der Waals surface area contributed by atoms with Crippen LogP contribution in [0.1, 0.15) is 21.7 Å². The summed E-state index contributed by atoms with van der Waals surface area (Å²) in [5.41, 5.74) is 2.35. The molecule has 1 aromatic heterocycles. The number of aryl methyl sites for hydroxylation is 1. The molecule has 20 heavy (non-hydrogen) atoms. The molecule has 0 bridgehead atoms. The van der Waals surface area contributed by atoms with Crippen LogP contribution in [0.5, 0.6) is 5.75 Å². The van der Waals surface area contributed by atoms with Gasteiger partial charge in [-0.05, 0) is 47.5 Å². The van der Waals surface area contributed by atoms with Crippen molar-refractivity contribution in [3.05, 3.63) is 65.6 Å². The zero-order chi connectivity index (χ0) is 14.1. The molecule has 1 atom stereocenters. The van der Waals surface area contributed by atoms with E-state index in [2.05, 4.69) is 46.3 Å². The quantitative estimate of drug-likeness (QED) is 0.613. The Morgan fingerprint density at radius 3 is 2.45 bits per heavy atom. The van der Waals surface area contributed by atoms with E-state index in [1.54, 1.807) is 13.4 Å². The fourth-order valence-corrected chi connectivity index (χ4v) is 2.84. The van der Waals surface area contributed by atoms with Crippen LogP contribution in [0.3, 0.4) is 0 Å². The molecule has 3 rings (SSSR count). The van der Waals surface area contributed by atoms with E-state index >= 15 is 0 Å². The monoisotopic (exact) mass is 330 g/mol. The summed E-state index contributed by atoms with van der Waals surface area (Å²) in [6, 6.07) is 14.6. The van der Waals surface area contributed by atoms with Gasteiger partial charge in [0.1, 0.15) is 11.5 Å². The van der Waals surface area contributed by atoms with Gasteiger partial charge in [-0.2, -0.15) is 0 Å². The summed E-state index contributed by atoms with van der Waals surface area (Å²) in [7, 11) is 1.69. The maximum Gasteiger partial charge on any atom is 0.119 e. The van der Waals surface area contributed by atoms with Crippen LogP contribution >= 0.6 is 15.9 Å². The number of rotatable bonds is 3.